The first-order valence-electron chi connectivity index (χ1n) is 9.20. The highest BCUT2D eigenvalue weighted by molar-refractivity contribution is 7.18. The van der Waals surface area contributed by atoms with Crippen molar-refractivity contribution in [3.05, 3.63) is 53.4 Å². The minimum absolute atomic E-state index is 0.153. The number of aryl methyl sites for hydroxylation is 1. The maximum atomic E-state index is 11.7. The van der Waals surface area contributed by atoms with Gasteiger partial charge < -0.3 is 14.5 Å². The van der Waals surface area contributed by atoms with Crippen molar-refractivity contribution in [2.45, 2.75) is 32.2 Å². The third-order valence-electron chi connectivity index (χ3n) is 3.98. The number of hydrogen-bond acceptors (Lipinski definition) is 7. The van der Waals surface area contributed by atoms with Crippen LogP contribution in [0.5, 0.6) is 0 Å². The van der Waals surface area contributed by atoms with E-state index in [1.54, 1.807) is 23.5 Å². The van der Waals surface area contributed by atoms with Gasteiger partial charge in [0.2, 0.25) is 0 Å². The molecule has 29 heavy (non-hydrogen) atoms. The number of imide groups is 1. The smallest absolute Gasteiger partial charge is 0.321 e. The highest BCUT2D eigenvalue weighted by atomic mass is 32.1. The molecule has 0 saturated carbocycles. The average molecular weight is 415 g/mol. The van der Waals surface area contributed by atoms with Crippen molar-refractivity contribution in [2.75, 3.05) is 6.61 Å². The molecule has 3 amide bonds. The maximum Gasteiger partial charge on any atom is 0.321 e. The van der Waals surface area contributed by atoms with Gasteiger partial charge in [-0.25, -0.2) is 9.78 Å². The van der Waals surface area contributed by atoms with E-state index in [0.29, 0.717) is 12.2 Å². The number of fused-ring (bicyclic) bond motifs is 1. The number of benzene rings is 1. The summed E-state index contributed by atoms with van der Waals surface area (Å²) >= 11 is 1.65. The van der Waals surface area contributed by atoms with Crippen molar-refractivity contribution >= 4 is 39.5 Å². The van der Waals surface area contributed by atoms with Crippen molar-refractivity contribution in [3.63, 3.8) is 0 Å². The Bertz CT molecular complexity index is 935. The summed E-state index contributed by atoms with van der Waals surface area (Å²) in [6.45, 7) is -0.342. The number of para-hydroxylation sites is 1. The maximum absolute atomic E-state index is 11.7. The minimum Gasteiger partial charge on any atom is -0.467 e. The molecular formula is C20H21N3O5S. The highest BCUT2D eigenvalue weighted by Crippen LogP contribution is 2.22. The zero-order chi connectivity index (χ0) is 20.5. The fourth-order valence-electron chi connectivity index (χ4n) is 2.58. The minimum atomic E-state index is -0.690. The van der Waals surface area contributed by atoms with E-state index in [4.69, 9.17) is 9.15 Å². The van der Waals surface area contributed by atoms with Crippen LogP contribution in [0.25, 0.3) is 10.2 Å². The predicted octanol–water partition coefficient (Wildman–Crippen LogP) is 3.17. The van der Waals surface area contributed by atoms with E-state index in [1.165, 1.54) is 6.26 Å². The Balaban J connectivity index is 1.26. The summed E-state index contributed by atoms with van der Waals surface area (Å²) in [6.07, 6.45) is 3.93. The number of furan rings is 1. The Hall–Kier alpha value is -3.20. The summed E-state index contributed by atoms with van der Waals surface area (Å²) in [7, 11) is 0. The van der Waals surface area contributed by atoms with Gasteiger partial charge in [0.05, 0.1) is 28.0 Å². The third-order valence-corrected chi connectivity index (χ3v) is 5.08. The van der Waals surface area contributed by atoms with Crippen molar-refractivity contribution in [1.82, 2.24) is 15.6 Å². The lowest BCUT2D eigenvalue weighted by molar-refractivity contribution is -0.148. The zero-order valence-corrected chi connectivity index (χ0v) is 16.5. The number of nitrogens with zero attached hydrogens (tertiary/aromatic N) is 1. The second-order valence-corrected chi connectivity index (χ2v) is 7.37. The number of ether oxygens (including phenoxy) is 1. The van der Waals surface area contributed by atoms with Crippen molar-refractivity contribution in [2.24, 2.45) is 0 Å². The van der Waals surface area contributed by atoms with E-state index in [1.807, 2.05) is 24.3 Å². The lowest BCUT2D eigenvalue weighted by Gasteiger charge is -2.06. The van der Waals surface area contributed by atoms with E-state index < -0.39 is 24.5 Å². The van der Waals surface area contributed by atoms with Crippen LogP contribution in [0.4, 0.5) is 4.79 Å². The number of unbranched alkanes of at least 4 members (excludes halogenated alkanes) is 1. The van der Waals surface area contributed by atoms with Crippen molar-refractivity contribution in [3.8, 4) is 0 Å². The Morgan fingerprint density at radius 2 is 1.97 bits per heavy atom. The van der Waals surface area contributed by atoms with Gasteiger partial charge in [-0.3, -0.25) is 14.9 Å². The van der Waals surface area contributed by atoms with E-state index in [-0.39, 0.29) is 13.0 Å². The summed E-state index contributed by atoms with van der Waals surface area (Å²) in [4.78, 5) is 39.5. The number of hydrogen-bond donors (Lipinski definition) is 2. The zero-order valence-electron chi connectivity index (χ0n) is 15.7. The van der Waals surface area contributed by atoms with Gasteiger partial charge in [0.1, 0.15) is 5.76 Å². The van der Waals surface area contributed by atoms with Crippen LogP contribution in [0.15, 0.2) is 47.1 Å². The average Bonchev–Trinajstić information content (AvgIpc) is 3.37. The lowest BCUT2D eigenvalue weighted by Crippen LogP contribution is -2.41. The molecule has 0 aliphatic rings. The third kappa shape index (κ3) is 6.72. The Morgan fingerprint density at radius 3 is 2.76 bits per heavy atom. The molecule has 0 radical (unpaired) electrons. The molecular weight excluding hydrogens is 394 g/mol. The van der Waals surface area contributed by atoms with Crippen molar-refractivity contribution in [1.29, 1.82) is 0 Å². The van der Waals surface area contributed by atoms with Crippen LogP contribution in [-0.4, -0.2) is 29.5 Å². The first kappa shape index (κ1) is 20.5. The molecule has 0 aliphatic heterocycles. The van der Waals surface area contributed by atoms with Crippen molar-refractivity contribution < 1.29 is 23.5 Å². The number of thiazole rings is 1. The Labute approximate surface area is 171 Å². The largest absolute Gasteiger partial charge is 0.467 e. The summed E-state index contributed by atoms with van der Waals surface area (Å²) in [5.74, 6) is -0.602. The molecule has 2 N–H and O–H groups in total. The number of carbonyl (C=O) groups is 3. The molecule has 0 spiro atoms. The van der Waals surface area contributed by atoms with Crippen LogP contribution >= 0.6 is 11.3 Å². The van der Waals surface area contributed by atoms with E-state index in [2.05, 4.69) is 15.6 Å². The van der Waals surface area contributed by atoms with Gasteiger partial charge in [-0.1, -0.05) is 12.1 Å². The lowest BCUT2D eigenvalue weighted by atomic mass is 10.2. The number of nitrogens with one attached hydrogen (secondary N) is 2. The molecule has 9 heteroatoms. The number of carbonyl (C=O) groups excluding carboxylic acids is 3. The van der Waals surface area contributed by atoms with Gasteiger partial charge in [-0.2, -0.15) is 0 Å². The molecule has 3 aromatic rings. The van der Waals surface area contributed by atoms with Gasteiger partial charge >= 0.3 is 12.0 Å². The molecule has 0 unspecified atom stereocenters. The molecule has 0 fully saturated rings. The number of amides is 3. The molecule has 8 nitrogen and oxygen atoms in total. The van der Waals surface area contributed by atoms with Crippen LogP contribution in [0, 0.1) is 0 Å². The fourth-order valence-corrected chi connectivity index (χ4v) is 3.59. The topological polar surface area (TPSA) is 111 Å². The van der Waals surface area contributed by atoms with Gasteiger partial charge in [0.25, 0.3) is 5.91 Å². The molecule has 2 heterocycles. The first-order valence-corrected chi connectivity index (χ1v) is 10.0. The van der Waals surface area contributed by atoms with Crippen LogP contribution < -0.4 is 10.6 Å². The second-order valence-electron chi connectivity index (χ2n) is 6.25. The molecule has 0 bridgehead atoms. The Kier molecular flexibility index (Phi) is 7.34. The second kappa shape index (κ2) is 10.4. The van der Waals surface area contributed by atoms with Crippen LogP contribution in [-0.2, 0) is 27.3 Å². The van der Waals surface area contributed by atoms with Gasteiger partial charge in [0.15, 0.2) is 6.61 Å². The highest BCUT2D eigenvalue weighted by Gasteiger charge is 2.11. The standard InChI is InChI=1S/C20H21N3O5S/c24-17(23-20(26)21-12-14-6-5-11-27-14)13-28-19(25)10-4-3-9-18-22-15-7-1-2-8-16(15)29-18/h1-2,5-8,11H,3-4,9-10,12-13H2,(H2,21,23,24,26). The molecule has 2 aromatic heterocycles. The normalized spacial score (nSPS) is 10.6. The first-order chi connectivity index (χ1) is 14.1. The molecule has 0 aliphatic carbocycles. The van der Waals surface area contributed by atoms with E-state index in [9.17, 15) is 14.4 Å². The molecule has 3 rings (SSSR count). The number of rotatable bonds is 9. The summed E-state index contributed by atoms with van der Waals surface area (Å²) in [6, 6.07) is 10.7. The quantitative estimate of drug-likeness (QED) is 0.410. The molecule has 152 valence electrons. The monoisotopic (exact) mass is 415 g/mol. The molecule has 0 atom stereocenters. The predicted molar refractivity (Wildman–Crippen MR) is 107 cm³/mol. The summed E-state index contributed by atoms with van der Waals surface area (Å²) in [5.41, 5.74) is 0.992. The Morgan fingerprint density at radius 1 is 1.10 bits per heavy atom. The van der Waals surface area contributed by atoms with Crippen LogP contribution in [0.1, 0.15) is 30.0 Å². The van der Waals surface area contributed by atoms with Gasteiger partial charge in [0, 0.05) is 6.42 Å². The van der Waals surface area contributed by atoms with Gasteiger partial charge in [-0.15, -0.1) is 11.3 Å². The fraction of sp³-hybridized carbons (Fsp3) is 0.300. The van der Waals surface area contributed by atoms with E-state index in [0.717, 1.165) is 28.1 Å². The number of esters is 1. The van der Waals surface area contributed by atoms with Crippen LogP contribution in [0.2, 0.25) is 0 Å². The SMILES string of the molecule is O=C(COC(=O)CCCCc1nc2ccccc2s1)NC(=O)NCc1ccco1. The number of aromatic nitrogens is 1. The summed E-state index contributed by atoms with van der Waals surface area (Å²) < 4.78 is 11.1. The van der Waals surface area contributed by atoms with Gasteiger partial charge in [-0.05, 0) is 43.5 Å². The molecule has 0 saturated heterocycles. The summed E-state index contributed by atoms with van der Waals surface area (Å²) in [5, 5.41) is 5.59. The van der Waals surface area contributed by atoms with E-state index >= 15 is 0 Å². The number of urea groups is 1. The molecule has 1 aromatic carbocycles. The van der Waals surface area contributed by atoms with Crippen LogP contribution in [0.3, 0.4) is 0 Å².